The SMILES string of the molecule is CCOC(=O)C1=C(CN2CCN(S(=O)(=O)c3ccccc3)CC2)NC(=O)N[C@H]1C. The monoisotopic (exact) mass is 422 g/mol. The number of hydrogen-bond acceptors (Lipinski definition) is 6. The van der Waals surface area contributed by atoms with Crippen molar-refractivity contribution in [3.63, 3.8) is 0 Å². The van der Waals surface area contributed by atoms with Crippen molar-refractivity contribution in [1.82, 2.24) is 19.8 Å². The molecule has 29 heavy (non-hydrogen) atoms. The largest absolute Gasteiger partial charge is 0.463 e. The molecule has 2 aliphatic heterocycles. The molecule has 1 fully saturated rings. The van der Waals surface area contributed by atoms with Crippen LogP contribution in [-0.4, -0.2) is 75.0 Å². The Morgan fingerprint density at radius 3 is 2.45 bits per heavy atom. The number of nitrogens with one attached hydrogen (secondary N) is 2. The molecule has 0 radical (unpaired) electrons. The number of urea groups is 1. The molecule has 1 atom stereocenters. The van der Waals surface area contributed by atoms with E-state index >= 15 is 0 Å². The van der Waals surface area contributed by atoms with Gasteiger partial charge in [-0.25, -0.2) is 18.0 Å². The van der Waals surface area contributed by atoms with E-state index < -0.39 is 22.0 Å². The van der Waals surface area contributed by atoms with Gasteiger partial charge in [-0.1, -0.05) is 18.2 Å². The molecule has 0 aliphatic carbocycles. The minimum atomic E-state index is -3.53. The number of benzene rings is 1. The number of ether oxygens (including phenoxy) is 1. The van der Waals surface area contributed by atoms with Crippen LogP contribution in [0.2, 0.25) is 0 Å². The van der Waals surface area contributed by atoms with Gasteiger partial charge in [0.2, 0.25) is 10.0 Å². The zero-order valence-corrected chi connectivity index (χ0v) is 17.4. The second-order valence-corrected chi connectivity index (χ2v) is 8.86. The van der Waals surface area contributed by atoms with Crippen LogP contribution in [0, 0.1) is 0 Å². The van der Waals surface area contributed by atoms with Gasteiger partial charge in [-0.3, -0.25) is 4.90 Å². The number of carbonyl (C=O) groups excluding carboxylic acids is 2. The lowest BCUT2D eigenvalue weighted by Gasteiger charge is -2.36. The zero-order chi connectivity index (χ0) is 21.0. The summed E-state index contributed by atoms with van der Waals surface area (Å²) in [6, 6.07) is 7.53. The van der Waals surface area contributed by atoms with Crippen LogP contribution >= 0.6 is 0 Å². The smallest absolute Gasteiger partial charge is 0.337 e. The summed E-state index contributed by atoms with van der Waals surface area (Å²) in [6.07, 6.45) is 0. The van der Waals surface area contributed by atoms with Crippen LogP contribution in [0.4, 0.5) is 4.79 Å². The third kappa shape index (κ3) is 4.77. The van der Waals surface area contributed by atoms with Crippen LogP contribution in [-0.2, 0) is 19.6 Å². The summed E-state index contributed by atoms with van der Waals surface area (Å²) in [5, 5.41) is 5.37. The number of sulfonamides is 1. The molecule has 158 valence electrons. The van der Waals surface area contributed by atoms with Gasteiger partial charge in [0, 0.05) is 38.4 Å². The van der Waals surface area contributed by atoms with Crippen molar-refractivity contribution in [1.29, 1.82) is 0 Å². The Kier molecular flexibility index (Phi) is 6.56. The minimum absolute atomic E-state index is 0.242. The van der Waals surface area contributed by atoms with E-state index in [9.17, 15) is 18.0 Å². The van der Waals surface area contributed by atoms with E-state index in [0.717, 1.165) is 0 Å². The Morgan fingerprint density at radius 2 is 1.83 bits per heavy atom. The van der Waals surface area contributed by atoms with Gasteiger partial charge in [-0.2, -0.15) is 4.31 Å². The molecule has 2 N–H and O–H groups in total. The maximum absolute atomic E-state index is 12.8. The van der Waals surface area contributed by atoms with Crippen molar-refractivity contribution in [2.75, 3.05) is 39.3 Å². The minimum Gasteiger partial charge on any atom is -0.463 e. The summed E-state index contributed by atoms with van der Waals surface area (Å²) in [6.45, 7) is 5.69. The summed E-state index contributed by atoms with van der Waals surface area (Å²) < 4.78 is 32.1. The second-order valence-electron chi connectivity index (χ2n) is 6.93. The van der Waals surface area contributed by atoms with E-state index in [0.29, 0.717) is 44.0 Å². The molecule has 0 unspecified atom stereocenters. The molecule has 0 spiro atoms. The average molecular weight is 423 g/mol. The summed E-state index contributed by atoms with van der Waals surface area (Å²) in [4.78, 5) is 26.5. The highest BCUT2D eigenvalue weighted by Gasteiger charge is 2.33. The van der Waals surface area contributed by atoms with E-state index in [1.54, 1.807) is 44.2 Å². The predicted octanol–water partition coefficient (Wildman–Crippen LogP) is 0.511. The molecule has 10 heteroatoms. The maximum Gasteiger partial charge on any atom is 0.337 e. The fourth-order valence-corrected chi connectivity index (χ4v) is 4.94. The first-order valence-corrected chi connectivity index (χ1v) is 11.0. The normalized spacial score (nSPS) is 21.4. The van der Waals surface area contributed by atoms with Gasteiger partial charge in [0.1, 0.15) is 0 Å². The van der Waals surface area contributed by atoms with Crippen molar-refractivity contribution in [3.05, 3.63) is 41.6 Å². The van der Waals surface area contributed by atoms with Crippen LogP contribution in [0.5, 0.6) is 0 Å². The zero-order valence-electron chi connectivity index (χ0n) is 16.6. The fourth-order valence-electron chi connectivity index (χ4n) is 3.50. The molecule has 2 aliphatic rings. The lowest BCUT2D eigenvalue weighted by molar-refractivity contribution is -0.139. The molecule has 1 aromatic rings. The first-order chi connectivity index (χ1) is 13.8. The molecular weight excluding hydrogens is 396 g/mol. The van der Waals surface area contributed by atoms with Gasteiger partial charge in [0.25, 0.3) is 0 Å². The van der Waals surface area contributed by atoms with Crippen molar-refractivity contribution in [2.24, 2.45) is 0 Å². The molecule has 0 bridgehead atoms. The van der Waals surface area contributed by atoms with Crippen LogP contribution in [0.15, 0.2) is 46.5 Å². The Morgan fingerprint density at radius 1 is 1.17 bits per heavy atom. The van der Waals surface area contributed by atoms with E-state index in [1.807, 2.05) is 4.90 Å². The standard InChI is InChI=1S/C19H26N4O5S/c1-3-28-18(24)17-14(2)20-19(25)21-16(17)13-22-9-11-23(12-10-22)29(26,27)15-7-5-4-6-8-15/h4-8,14H,3,9-13H2,1-2H3,(H2,20,21,25)/t14-/m0/s1. The van der Waals surface area contributed by atoms with Crippen molar-refractivity contribution >= 4 is 22.0 Å². The second kappa shape index (κ2) is 8.93. The van der Waals surface area contributed by atoms with E-state index in [2.05, 4.69) is 10.6 Å². The number of rotatable bonds is 6. The van der Waals surface area contributed by atoms with Crippen LogP contribution in [0.3, 0.4) is 0 Å². The van der Waals surface area contributed by atoms with Gasteiger partial charge in [0.05, 0.1) is 23.1 Å². The van der Waals surface area contributed by atoms with Crippen LogP contribution < -0.4 is 10.6 Å². The van der Waals surface area contributed by atoms with Crippen molar-refractivity contribution in [3.8, 4) is 0 Å². The Bertz CT molecular complexity index is 892. The molecular formula is C19H26N4O5S. The number of amides is 2. The molecule has 2 amide bonds. The van der Waals surface area contributed by atoms with E-state index in [-0.39, 0.29) is 17.5 Å². The van der Waals surface area contributed by atoms with Gasteiger partial charge < -0.3 is 15.4 Å². The van der Waals surface area contributed by atoms with E-state index in [4.69, 9.17) is 4.74 Å². The Labute approximate surface area is 170 Å². The third-order valence-corrected chi connectivity index (χ3v) is 6.87. The molecule has 0 aromatic heterocycles. The first-order valence-electron chi connectivity index (χ1n) is 9.58. The van der Waals surface area contributed by atoms with Crippen LogP contribution in [0.1, 0.15) is 13.8 Å². The van der Waals surface area contributed by atoms with E-state index in [1.165, 1.54) is 4.31 Å². The molecule has 1 saturated heterocycles. The highest BCUT2D eigenvalue weighted by atomic mass is 32.2. The number of carbonyl (C=O) groups is 2. The predicted molar refractivity (Wildman–Crippen MR) is 106 cm³/mol. The lowest BCUT2D eigenvalue weighted by Crippen LogP contribution is -2.53. The van der Waals surface area contributed by atoms with Gasteiger partial charge in [0.15, 0.2) is 0 Å². The first kappa shape index (κ1) is 21.3. The molecule has 0 saturated carbocycles. The fraction of sp³-hybridized carbons (Fsp3) is 0.474. The van der Waals surface area contributed by atoms with Crippen LogP contribution in [0.25, 0.3) is 0 Å². The number of piperazine rings is 1. The van der Waals surface area contributed by atoms with Gasteiger partial charge >= 0.3 is 12.0 Å². The lowest BCUT2D eigenvalue weighted by atomic mass is 10.0. The summed E-state index contributed by atoms with van der Waals surface area (Å²) in [7, 11) is -3.53. The summed E-state index contributed by atoms with van der Waals surface area (Å²) in [5.41, 5.74) is 0.893. The Balaban J connectivity index is 1.69. The van der Waals surface area contributed by atoms with Gasteiger partial charge in [-0.15, -0.1) is 0 Å². The average Bonchev–Trinajstić information content (AvgIpc) is 2.69. The third-order valence-electron chi connectivity index (χ3n) is 4.96. The number of nitrogens with zero attached hydrogens (tertiary/aromatic N) is 2. The topological polar surface area (TPSA) is 108 Å². The molecule has 3 rings (SSSR count). The summed E-state index contributed by atoms with van der Waals surface area (Å²) in [5.74, 6) is -0.465. The highest BCUT2D eigenvalue weighted by Crippen LogP contribution is 2.19. The maximum atomic E-state index is 12.8. The number of hydrogen-bond donors (Lipinski definition) is 2. The van der Waals surface area contributed by atoms with Crippen molar-refractivity contribution < 1.29 is 22.7 Å². The van der Waals surface area contributed by atoms with Crippen molar-refractivity contribution in [2.45, 2.75) is 24.8 Å². The highest BCUT2D eigenvalue weighted by molar-refractivity contribution is 7.89. The molecule has 1 aromatic carbocycles. The van der Waals surface area contributed by atoms with Gasteiger partial charge in [-0.05, 0) is 26.0 Å². The molecule has 2 heterocycles. The Hall–Kier alpha value is -2.43. The quantitative estimate of drug-likeness (QED) is 0.647. The summed E-state index contributed by atoms with van der Waals surface area (Å²) >= 11 is 0. The molecule has 9 nitrogen and oxygen atoms in total. The number of esters is 1.